The van der Waals surface area contributed by atoms with Crippen LogP contribution < -0.4 is 15.4 Å². The lowest BCUT2D eigenvalue weighted by Gasteiger charge is -2.22. The minimum atomic E-state index is 0.118. The second-order valence-corrected chi connectivity index (χ2v) is 4.81. The van der Waals surface area contributed by atoms with Crippen LogP contribution in [0.5, 0.6) is 5.75 Å². The molecule has 0 bridgehead atoms. The van der Waals surface area contributed by atoms with Gasteiger partial charge < -0.3 is 15.4 Å². The molecule has 0 saturated carbocycles. The lowest BCUT2D eigenvalue weighted by atomic mass is 10.1. The van der Waals surface area contributed by atoms with Crippen LogP contribution in [0.2, 0.25) is 0 Å². The predicted octanol–water partition coefficient (Wildman–Crippen LogP) is 2.22. The Balaban J connectivity index is 2.32. The van der Waals surface area contributed by atoms with Gasteiger partial charge in [0.25, 0.3) is 0 Å². The Morgan fingerprint density at radius 2 is 2.33 bits per heavy atom. The Labute approximate surface area is 108 Å². The van der Waals surface area contributed by atoms with Crippen molar-refractivity contribution in [3.05, 3.63) is 23.8 Å². The first kappa shape index (κ1) is 12.7. The highest BCUT2D eigenvalue weighted by atomic mass is 16.5. The van der Waals surface area contributed by atoms with Crippen molar-refractivity contribution in [3.8, 4) is 5.75 Å². The number of hydrogen-bond donors (Lipinski definition) is 2. The molecule has 0 spiro atoms. The fourth-order valence-electron chi connectivity index (χ4n) is 2.51. The molecular formula is C14H21N3O. The predicted molar refractivity (Wildman–Crippen MR) is 74.6 cm³/mol. The molecule has 1 unspecified atom stereocenters. The van der Waals surface area contributed by atoms with E-state index in [-0.39, 0.29) is 5.84 Å². The van der Waals surface area contributed by atoms with Gasteiger partial charge in [-0.1, -0.05) is 13.3 Å². The fourth-order valence-corrected chi connectivity index (χ4v) is 2.51. The molecule has 1 saturated heterocycles. The van der Waals surface area contributed by atoms with Crippen LogP contribution in [0.25, 0.3) is 0 Å². The first-order valence-corrected chi connectivity index (χ1v) is 6.43. The molecule has 2 rings (SSSR count). The van der Waals surface area contributed by atoms with Gasteiger partial charge in [-0.15, -0.1) is 0 Å². The maximum absolute atomic E-state index is 7.67. The fraction of sp³-hybridized carbons (Fsp3) is 0.500. The van der Waals surface area contributed by atoms with E-state index in [9.17, 15) is 0 Å². The maximum atomic E-state index is 7.67. The molecule has 0 aromatic heterocycles. The monoisotopic (exact) mass is 247 g/mol. The van der Waals surface area contributed by atoms with Crippen LogP contribution in [0, 0.1) is 11.3 Å². The van der Waals surface area contributed by atoms with Gasteiger partial charge in [-0.2, -0.15) is 0 Å². The first-order valence-electron chi connectivity index (χ1n) is 6.43. The van der Waals surface area contributed by atoms with Gasteiger partial charge in [0.05, 0.1) is 12.8 Å². The second-order valence-electron chi connectivity index (χ2n) is 4.81. The van der Waals surface area contributed by atoms with Gasteiger partial charge in [0.15, 0.2) is 0 Å². The standard InChI is InChI=1S/C14H21N3O/c1-3-10-6-7-17(9-10)13-8-11(18-2)4-5-12(13)14(15)16/h4-5,8,10H,3,6-7,9H2,1-2H3,(H3,15,16). The van der Waals surface area contributed by atoms with Crippen LogP contribution in [-0.2, 0) is 0 Å². The molecule has 1 aliphatic heterocycles. The normalized spacial score (nSPS) is 19.0. The van der Waals surface area contributed by atoms with Gasteiger partial charge in [-0.3, -0.25) is 5.41 Å². The van der Waals surface area contributed by atoms with Crippen molar-refractivity contribution in [1.29, 1.82) is 5.41 Å². The van der Waals surface area contributed by atoms with Gasteiger partial charge in [0.1, 0.15) is 11.6 Å². The van der Waals surface area contributed by atoms with Crippen molar-refractivity contribution >= 4 is 11.5 Å². The van der Waals surface area contributed by atoms with Gasteiger partial charge in [-0.25, -0.2) is 0 Å². The van der Waals surface area contributed by atoms with E-state index in [2.05, 4.69) is 11.8 Å². The number of methoxy groups -OCH3 is 1. The van der Waals surface area contributed by atoms with Crippen LogP contribution in [0.3, 0.4) is 0 Å². The largest absolute Gasteiger partial charge is 0.497 e. The number of amidine groups is 1. The number of ether oxygens (including phenoxy) is 1. The molecule has 1 fully saturated rings. The highest BCUT2D eigenvalue weighted by molar-refractivity contribution is 6.00. The van der Waals surface area contributed by atoms with Crippen LogP contribution in [-0.4, -0.2) is 26.0 Å². The smallest absolute Gasteiger partial charge is 0.124 e. The van der Waals surface area contributed by atoms with Gasteiger partial charge in [0.2, 0.25) is 0 Å². The molecule has 98 valence electrons. The summed E-state index contributed by atoms with van der Waals surface area (Å²) < 4.78 is 5.26. The summed E-state index contributed by atoms with van der Waals surface area (Å²) >= 11 is 0. The zero-order valence-corrected chi connectivity index (χ0v) is 11.1. The number of nitrogen functional groups attached to an aromatic ring is 1. The Hall–Kier alpha value is -1.71. The molecule has 1 aromatic carbocycles. The molecule has 0 aliphatic carbocycles. The zero-order chi connectivity index (χ0) is 13.1. The Kier molecular flexibility index (Phi) is 3.75. The molecule has 4 heteroatoms. The maximum Gasteiger partial charge on any atom is 0.124 e. The van der Waals surface area contributed by atoms with Gasteiger partial charge in [0, 0.05) is 24.7 Å². The van der Waals surface area contributed by atoms with Gasteiger partial charge >= 0.3 is 0 Å². The molecule has 0 radical (unpaired) electrons. The summed E-state index contributed by atoms with van der Waals surface area (Å²) in [7, 11) is 1.66. The average Bonchev–Trinajstić information content (AvgIpc) is 2.86. The van der Waals surface area contributed by atoms with Crippen molar-refractivity contribution in [2.75, 3.05) is 25.1 Å². The van der Waals surface area contributed by atoms with E-state index in [0.29, 0.717) is 0 Å². The van der Waals surface area contributed by atoms with Crippen molar-refractivity contribution in [2.24, 2.45) is 11.7 Å². The van der Waals surface area contributed by atoms with Crippen molar-refractivity contribution in [1.82, 2.24) is 0 Å². The first-order chi connectivity index (χ1) is 8.65. The lowest BCUT2D eigenvalue weighted by molar-refractivity contribution is 0.415. The number of nitrogens with zero attached hydrogens (tertiary/aromatic N) is 1. The minimum absolute atomic E-state index is 0.118. The van der Waals surface area contributed by atoms with Crippen LogP contribution in [0.4, 0.5) is 5.69 Å². The van der Waals surface area contributed by atoms with E-state index < -0.39 is 0 Å². The molecule has 0 amide bonds. The van der Waals surface area contributed by atoms with Crippen LogP contribution >= 0.6 is 0 Å². The Bertz CT molecular complexity index is 445. The summed E-state index contributed by atoms with van der Waals surface area (Å²) in [5.41, 5.74) is 7.48. The minimum Gasteiger partial charge on any atom is -0.497 e. The van der Waals surface area contributed by atoms with Crippen LogP contribution in [0.15, 0.2) is 18.2 Å². The Morgan fingerprint density at radius 3 is 2.89 bits per heavy atom. The number of nitrogens with two attached hydrogens (primary N) is 1. The summed E-state index contributed by atoms with van der Waals surface area (Å²) in [5, 5.41) is 7.67. The van der Waals surface area contributed by atoms with E-state index in [0.717, 1.165) is 36.0 Å². The third kappa shape index (κ3) is 2.42. The molecular weight excluding hydrogens is 226 g/mol. The highest BCUT2D eigenvalue weighted by Crippen LogP contribution is 2.31. The van der Waals surface area contributed by atoms with E-state index in [1.807, 2.05) is 18.2 Å². The van der Waals surface area contributed by atoms with E-state index in [1.165, 1.54) is 12.8 Å². The highest BCUT2D eigenvalue weighted by Gasteiger charge is 2.23. The number of nitrogens with one attached hydrogen (secondary N) is 1. The number of anilines is 1. The van der Waals surface area contributed by atoms with Crippen molar-refractivity contribution in [2.45, 2.75) is 19.8 Å². The van der Waals surface area contributed by atoms with Crippen molar-refractivity contribution < 1.29 is 4.74 Å². The summed E-state index contributed by atoms with van der Waals surface area (Å²) in [5.74, 6) is 1.68. The number of rotatable bonds is 4. The topological polar surface area (TPSA) is 62.3 Å². The summed E-state index contributed by atoms with van der Waals surface area (Å²) in [6.07, 6.45) is 2.42. The lowest BCUT2D eigenvalue weighted by Crippen LogP contribution is -2.24. The summed E-state index contributed by atoms with van der Waals surface area (Å²) in [4.78, 5) is 2.31. The average molecular weight is 247 g/mol. The molecule has 1 aromatic rings. The van der Waals surface area contributed by atoms with Gasteiger partial charge in [-0.05, 0) is 24.5 Å². The SMILES string of the molecule is CCC1CCN(c2cc(OC)ccc2C(=N)N)C1. The third-order valence-corrected chi connectivity index (χ3v) is 3.70. The summed E-state index contributed by atoms with van der Waals surface area (Å²) in [6.45, 7) is 4.31. The molecule has 4 nitrogen and oxygen atoms in total. The van der Waals surface area contributed by atoms with E-state index >= 15 is 0 Å². The molecule has 1 aliphatic rings. The summed E-state index contributed by atoms with van der Waals surface area (Å²) in [6, 6.07) is 5.71. The van der Waals surface area contributed by atoms with Crippen molar-refractivity contribution in [3.63, 3.8) is 0 Å². The molecule has 1 heterocycles. The molecule has 18 heavy (non-hydrogen) atoms. The third-order valence-electron chi connectivity index (χ3n) is 3.70. The molecule has 3 N–H and O–H groups in total. The zero-order valence-electron chi connectivity index (χ0n) is 11.1. The van der Waals surface area contributed by atoms with Crippen LogP contribution in [0.1, 0.15) is 25.3 Å². The Morgan fingerprint density at radius 1 is 1.56 bits per heavy atom. The van der Waals surface area contributed by atoms with E-state index in [4.69, 9.17) is 15.9 Å². The number of hydrogen-bond acceptors (Lipinski definition) is 3. The second kappa shape index (κ2) is 5.29. The number of benzene rings is 1. The molecule has 1 atom stereocenters. The van der Waals surface area contributed by atoms with E-state index in [1.54, 1.807) is 7.11 Å². The quantitative estimate of drug-likeness (QED) is 0.633.